The molecule has 33 heavy (non-hydrogen) atoms. The van der Waals surface area contributed by atoms with Crippen molar-refractivity contribution in [2.75, 3.05) is 14.1 Å². The van der Waals surface area contributed by atoms with Crippen molar-refractivity contribution in [1.29, 1.82) is 0 Å². The van der Waals surface area contributed by atoms with E-state index in [4.69, 9.17) is 5.73 Å². The number of primary amides is 1. The fraction of sp³-hybridized carbons (Fsp3) is 0.444. The first-order chi connectivity index (χ1) is 15.9. The standard InChI is InChI=1S/C27H33FN4O/c1-32(2)18-10-7-16(8-11-18)30-17-9-14-24-22(15-17)25-20(19-5-3-4-6-23(19)28)12-13-21(27(29)33)26(25)31-24/h3-6,12-13,16-18,30-31H,7-11,14-15H2,1-2H3,(H2,29,33). The van der Waals surface area contributed by atoms with E-state index in [-0.39, 0.29) is 5.82 Å². The van der Waals surface area contributed by atoms with E-state index in [9.17, 15) is 9.18 Å². The molecule has 0 aliphatic heterocycles. The zero-order chi connectivity index (χ0) is 23.1. The van der Waals surface area contributed by atoms with Crippen molar-refractivity contribution in [2.45, 2.75) is 63.1 Å². The van der Waals surface area contributed by atoms with E-state index in [0.717, 1.165) is 41.4 Å². The van der Waals surface area contributed by atoms with Crippen molar-refractivity contribution in [2.24, 2.45) is 5.73 Å². The Morgan fingerprint density at radius 2 is 1.79 bits per heavy atom. The lowest BCUT2D eigenvalue weighted by molar-refractivity contribution is 0.100. The first-order valence-electron chi connectivity index (χ1n) is 12.1. The molecule has 0 radical (unpaired) electrons. The van der Waals surface area contributed by atoms with Crippen LogP contribution in [0.3, 0.4) is 0 Å². The molecule has 3 aromatic rings. The van der Waals surface area contributed by atoms with Crippen molar-refractivity contribution in [3.05, 3.63) is 59.0 Å². The van der Waals surface area contributed by atoms with Gasteiger partial charge in [-0.1, -0.05) is 24.3 Å². The molecule has 4 N–H and O–H groups in total. The van der Waals surface area contributed by atoms with Crippen LogP contribution >= 0.6 is 0 Å². The third kappa shape index (κ3) is 4.18. The molecule has 5 rings (SSSR count). The van der Waals surface area contributed by atoms with Gasteiger partial charge in [0.15, 0.2) is 0 Å². The zero-order valence-corrected chi connectivity index (χ0v) is 19.5. The molecule has 2 aliphatic rings. The number of benzene rings is 2. The van der Waals surface area contributed by atoms with Gasteiger partial charge in [-0.3, -0.25) is 4.79 Å². The Morgan fingerprint density at radius 1 is 1.03 bits per heavy atom. The van der Waals surface area contributed by atoms with Crippen molar-refractivity contribution >= 4 is 16.8 Å². The minimum atomic E-state index is -0.467. The molecule has 174 valence electrons. The summed E-state index contributed by atoms with van der Waals surface area (Å²) in [4.78, 5) is 18.0. The number of carbonyl (C=O) groups is 1. The average Bonchev–Trinajstić information content (AvgIpc) is 3.18. The van der Waals surface area contributed by atoms with E-state index < -0.39 is 5.91 Å². The number of H-pyrrole nitrogens is 1. The lowest BCUT2D eigenvalue weighted by Gasteiger charge is -2.36. The molecule has 1 fully saturated rings. The maximum atomic E-state index is 14.8. The molecule has 2 aliphatic carbocycles. The van der Waals surface area contributed by atoms with Crippen molar-refractivity contribution in [1.82, 2.24) is 15.2 Å². The molecule has 1 unspecified atom stereocenters. The topological polar surface area (TPSA) is 74.2 Å². The second-order valence-corrected chi connectivity index (χ2v) is 9.91. The molecule has 5 nitrogen and oxygen atoms in total. The SMILES string of the molecule is CN(C)C1CCC(NC2CCc3[nH]c4c(C(N)=O)ccc(-c5ccccc5F)c4c3C2)CC1. The predicted octanol–water partition coefficient (Wildman–Crippen LogP) is 4.39. The summed E-state index contributed by atoms with van der Waals surface area (Å²) < 4.78 is 14.8. The van der Waals surface area contributed by atoms with Gasteiger partial charge in [-0.25, -0.2) is 4.39 Å². The summed E-state index contributed by atoms with van der Waals surface area (Å²) in [6, 6.07) is 12.0. The summed E-state index contributed by atoms with van der Waals surface area (Å²) in [7, 11) is 4.34. The molecule has 0 saturated heterocycles. The number of nitrogens with zero attached hydrogens (tertiary/aromatic N) is 1. The van der Waals surface area contributed by atoms with Crippen LogP contribution in [0, 0.1) is 5.82 Å². The Balaban J connectivity index is 1.48. The Hall–Kier alpha value is -2.70. The molecular weight excluding hydrogens is 415 g/mol. The molecule has 0 spiro atoms. The number of carbonyl (C=O) groups excluding carboxylic acids is 1. The lowest BCUT2D eigenvalue weighted by Crippen LogP contribution is -2.45. The van der Waals surface area contributed by atoms with Crippen molar-refractivity contribution in [3.8, 4) is 11.1 Å². The Kier molecular flexibility index (Phi) is 5.97. The first kappa shape index (κ1) is 22.1. The number of hydrogen-bond acceptors (Lipinski definition) is 3. The summed E-state index contributed by atoms with van der Waals surface area (Å²) in [6.45, 7) is 0. The van der Waals surface area contributed by atoms with E-state index in [2.05, 4.69) is 29.3 Å². The highest BCUT2D eigenvalue weighted by Gasteiger charge is 2.29. The summed E-state index contributed by atoms with van der Waals surface area (Å²) in [5, 5.41) is 4.86. The van der Waals surface area contributed by atoms with Crippen LogP contribution in [0.2, 0.25) is 0 Å². The summed E-state index contributed by atoms with van der Waals surface area (Å²) in [6.07, 6.45) is 7.69. The average molecular weight is 449 g/mol. The monoisotopic (exact) mass is 448 g/mol. The number of aryl methyl sites for hydroxylation is 1. The third-order valence-electron chi connectivity index (χ3n) is 7.67. The molecular formula is C27H33FN4O. The van der Waals surface area contributed by atoms with Gasteiger partial charge in [0.25, 0.3) is 5.91 Å². The number of amides is 1. The predicted molar refractivity (Wildman–Crippen MR) is 131 cm³/mol. The van der Waals surface area contributed by atoms with Crippen LogP contribution in [0.25, 0.3) is 22.0 Å². The lowest BCUT2D eigenvalue weighted by atomic mass is 9.86. The fourth-order valence-electron chi connectivity index (χ4n) is 5.87. The second-order valence-electron chi connectivity index (χ2n) is 9.91. The quantitative estimate of drug-likeness (QED) is 0.542. The summed E-state index contributed by atoms with van der Waals surface area (Å²) >= 11 is 0. The number of hydrogen-bond donors (Lipinski definition) is 3. The summed E-state index contributed by atoms with van der Waals surface area (Å²) in [5.41, 5.74) is 10.6. The van der Waals surface area contributed by atoms with Crippen LogP contribution in [-0.2, 0) is 12.8 Å². The first-order valence-corrected chi connectivity index (χ1v) is 12.1. The van der Waals surface area contributed by atoms with Crippen LogP contribution in [0.15, 0.2) is 36.4 Å². The highest BCUT2D eigenvalue weighted by atomic mass is 19.1. The van der Waals surface area contributed by atoms with Gasteiger partial charge in [0, 0.05) is 34.8 Å². The van der Waals surface area contributed by atoms with Gasteiger partial charge in [0.1, 0.15) is 5.82 Å². The van der Waals surface area contributed by atoms with Gasteiger partial charge in [0.05, 0.1) is 11.1 Å². The third-order valence-corrected chi connectivity index (χ3v) is 7.67. The van der Waals surface area contributed by atoms with E-state index in [1.165, 1.54) is 37.3 Å². The number of nitrogens with two attached hydrogens (primary N) is 1. The van der Waals surface area contributed by atoms with Gasteiger partial charge in [-0.15, -0.1) is 0 Å². The minimum absolute atomic E-state index is 0.260. The molecule has 1 amide bonds. The Labute approximate surface area is 194 Å². The van der Waals surface area contributed by atoms with Crippen LogP contribution in [0.5, 0.6) is 0 Å². The molecule has 6 heteroatoms. The van der Waals surface area contributed by atoms with Crippen molar-refractivity contribution < 1.29 is 9.18 Å². The number of aromatic nitrogens is 1. The van der Waals surface area contributed by atoms with Crippen LogP contribution in [-0.4, -0.2) is 48.0 Å². The molecule has 1 saturated carbocycles. The van der Waals surface area contributed by atoms with Gasteiger partial charge in [-0.2, -0.15) is 0 Å². The van der Waals surface area contributed by atoms with E-state index in [1.807, 2.05) is 12.1 Å². The largest absolute Gasteiger partial charge is 0.366 e. The van der Waals surface area contributed by atoms with E-state index in [1.54, 1.807) is 18.2 Å². The minimum Gasteiger partial charge on any atom is -0.366 e. The number of aromatic amines is 1. The van der Waals surface area contributed by atoms with Crippen LogP contribution in [0.4, 0.5) is 4.39 Å². The van der Waals surface area contributed by atoms with Gasteiger partial charge in [-0.05, 0) is 82.3 Å². The van der Waals surface area contributed by atoms with Crippen LogP contribution in [0.1, 0.15) is 53.7 Å². The maximum Gasteiger partial charge on any atom is 0.250 e. The fourth-order valence-corrected chi connectivity index (χ4v) is 5.87. The molecule has 1 atom stereocenters. The molecule has 1 heterocycles. The Morgan fingerprint density at radius 3 is 2.48 bits per heavy atom. The highest BCUT2D eigenvalue weighted by Crippen LogP contribution is 2.39. The number of halogens is 1. The van der Waals surface area contributed by atoms with Crippen LogP contribution < -0.4 is 11.1 Å². The van der Waals surface area contributed by atoms with Gasteiger partial charge in [0.2, 0.25) is 0 Å². The zero-order valence-electron chi connectivity index (χ0n) is 19.5. The number of rotatable bonds is 5. The van der Waals surface area contributed by atoms with Crippen molar-refractivity contribution in [3.63, 3.8) is 0 Å². The molecule has 0 bridgehead atoms. The normalized spacial score (nSPS) is 23.1. The Bertz CT molecular complexity index is 1180. The molecule has 1 aromatic heterocycles. The van der Waals surface area contributed by atoms with E-state index >= 15 is 0 Å². The highest BCUT2D eigenvalue weighted by molar-refractivity contribution is 6.10. The summed E-state index contributed by atoms with van der Waals surface area (Å²) in [5.74, 6) is -0.727. The van der Waals surface area contributed by atoms with Gasteiger partial charge >= 0.3 is 0 Å². The maximum absolute atomic E-state index is 14.8. The molecule has 2 aromatic carbocycles. The second kappa shape index (κ2) is 8.92. The van der Waals surface area contributed by atoms with Gasteiger partial charge < -0.3 is 20.9 Å². The van der Waals surface area contributed by atoms with E-state index in [0.29, 0.717) is 29.3 Å². The smallest absolute Gasteiger partial charge is 0.250 e. The number of fused-ring (bicyclic) bond motifs is 3. The number of nitrogens with one attached hydrogen (secondary N) is 2.